The van der Waals surface area contributed by atoms with Crippen LogP contribution in [0, 0.1) is 17.7 Å². The summed E-state index contributed by atoms with van der Waals surface area (Å²) in [7, 11) is 1.55. The van der Waals surface area contributed by atoms with Gasteiger partial charge in [-0.05, 0) is 72.8 Å². The highest BCUT2D eigenvalue weighted by Crippen LogP contribution is 2.37. The molecule has 2 aliphatic rings. The van der Waals surface area contributed by atoms with Gasteiger partial charge in [0.05, 0.1) is 48.0 Å². The Bertz CT molecular complexity index is 1770. The molecule has 48 heavy (non-hydrogen) atoms. The number of hydrogen-bond donors (Lipinski definition) is 2. The van der Waals surface area contributed by atoms with Crippen LogP contribution in [0.2, 0.25) is 0 Å². The van der Waals surface area contributed by atoms with Crippen LogP contribution in [0.1, 0.15) is 101 Å². The maximum atomic E-state index is 15.3. The summed E-state index contributed by atoms with van der Waals surface area (Å²) < 4.78 is 35.3. The molecule has 2 fully saturated rings. The van der Waals surface area contributed by atoms with Gasteiger partial charge in [-0.2, -0.15) is 5.10 Å². The number of amides is 2. The Morgan fingerprint density at radius 3 is 2.40 bits per heavy atom. The van der Waals surface area contributed by atoms with E-state index in [4.69, 9.17) is 19.9 Å². The van der Waals surface area contributed by atoms with Crippen LogP contribution in [0.15, 0.2) is 18.5 Å². The van der Waals surface area contributed by atoms with Crippen molar-refractivity contribution in [1.82, 2.24) is 24.2 Å². The van der Waals surface area contributed by atoms with Crippen molar-refractivity contribution in [2.45, 2.75) is 96.6 Å². The zero-order valence-electron chi connectivity index (χ0n) is 28.6. The molecule has 3 heterocycles. The SMILES string of the molecule is COC[C@H]1C[C@H](n2nc(C#Cc3cc4ncn(C5CC5)c4cc3F)c(C(N)=O)c2NCCC(=O)OC(C)(C)C)CN1C(=O)OC(C)(C)C. The first kappa shape index (κ1) is 34.7. The molecule has 0 unspecified atom stereocenters. The third-order valence-electron chi connectivity index (χ3n) is 7.84. The van der Waals surface area contributed by atoms with Crippen LogP contribution < -0.4 is 11.1 Å². The Morgan fingerprint density at radius 2 is 1.77 bits per heavy atom. The molecule has 3 N–H and O–H groups in total. The molecule has 0 bridgehead atoms. The van der Waals surface area contributed by atoms with Gasteiger partial charge in [0.2, 0.25) is 0 Å². The lowest BCUT2D eigenvalue weighted by atomic mass is 10.1. The Kier molecular flexibility index (Phi) is 9.73. The summed E-state index contributed by atoms with van der Waals surface area (Å²) in [6.45, 7) is 11.2. The minimum absolute atomic E-state index is 0.0125. The molecular weight excluding hydrogens is 621 g/mol. The Balaban J connectivity index is 1.51. The van der Waals surface area contributed by atoms with E-state index >= 15 is 4.39 Å². The monoisotopic (exact) mass is 665 g/mol. The second-order valence-electron chi connectivity index (χ2n) is 14.2. The maximum absolute atomic E-state index is 15.3. The number of halogens is 1. The van der Waals surface area contributed by atoms with E-state index in [1.165, 1.54) is 6.07 Å². The summed E-state index contributed by atoms with van der Waals surface area (Å²) in [6, 6.07) is 2.52. The van der Waals surface area contributed by atoms with Gasteiger partial charge in [0.25, 0.3) is 5.91 Å². The van der Waals surface area contributed by atoms with Gasteiger partial charge in [-0.15, -0.1) is 0 Å². The Morgan fingerprint density at radius 1 is 1.06 bits per heavy atom. The molecule has 0 radical (unpaired) electrons. The number of imidazole rings is 1. The zero-order valence-corrected chi connectivity index (χ0v) is 28.6. The van der Waals surface area contributed by atoms with Gasteiger partial charge in [0, 0.05) is 32.3 Å². The van der Waals surface area contributed by atoms with E-state index in [2.05, 4.69) is 27.2 Å². The van der Waals surface area contributed by atoms with E-state index in [0.29, 0.717) is 23.5 Å². The second-order valence-corrected chi connectivity index (χ2v) is 14.2. The van der Waals surface area contributed by atoms with Crippen molar-refractivity contribution in [3.8, 4) is 11.8 Å². The number of fused-ring (bicyclic) bond motifs is 1. The van der Waals surface area contributed by atoms with Gasteiger partial charge in [0.15, 0.2) is 5.69 Å². The molecule has 1 aliphatic carbocycles. The number of hydrogen-bond acceptors (Lipinski definition) is 9. The van der Waals surface area contributed by atoms with Crippen molar-refractivity contribution in [1.29, 1.82) is 0 Å². The number of carbonyl (C=O) groups is 3. The topological polar surface area (TPSA) is 156 Å². The number of methoxy groups -OCH3 is 1. The highest BCUT2D eigenvalue weighted by atomic mass is 19.1. The van der Waals surface area contributed by atoms with Crippen LogP contribution in [0.5, 0.6) is 0 Å². The molecule has 5 rings (SSSR count). The first-order valence-electron chi connectivity index (χ1n) is 16.1. The number of nitrogens with zero attached hydrogens (tertiary/aromatic N) is 5. The molecule has 3 aromatic rings. The van der Waals surface area contributed by atoms with Crippen LogP contribution in [-0.4, -0.2) is 86.3 Å². The number of aromatic nitrogens is 4. The Labute approximate surface area is 279 Å². The molecule has 14 heteroatoms. The van der Waals surface area contributed by atoms with E-state index in [9.17, 15) is 14.4 Å². The molecule has 1 aromatic carbocycles. The lowest BCUT2D eigenvalue weighted by Gasteiger charge is -2.28. The molecule has 1 saturated heterocycles. The highest BCUT2D eigenvalue weighted by Gasteiger charge is 2.40. The van der Waals surface area contributed by atoms with E-state index in [1.54, 1.807) is 70.6 Å². The summed E-state index contributed by atoms with van der Waals surface area (Å²) in [6.07, 6.45) is 3.66. The number of carbonyl (C=O) groups excluding carboxylic acids is 3. The van der Waals surface area contributed by atoms with Crippen molar-refractivity contribution < 1.29 is 33.0 Å². The van der Waals surface area contributed by atoms with E-state index < -0.39 is 41.0 Å². The van der Waals surface area contributed by atoms with Gasteiger partial charge < -0.3 is 34.7 Å². The van der Waals surface area contributed by atoms with E-state index in [0.717, 1.165) is 12.8 Å². The lowest BCUT2D eigenvalue weighted by molar-refractivity contribution is -0.154. The predicted octanol–water partition coefficient (Wildman–Crippen LogP) is 4.55. The van der Waals surface area contributed by atoms with Gasteiger partial charge in [-0.25, -0.2) is 18.9 Å². The number of benzene rings is 1. The number of nitrogens with two attached hydrogens (primary N) is 1. The first-order valence-corrected chi connectivity index (χ1v) is 16.1. The quantitative estimate of drug-likeness (QED) is 0.247. The standard InChI is InChI=1S/C34H44FN7O6/c1-33(2,3)47-28(43)12-13-37-31-29(30(36)44)25(11-8-20-14-26-27(16-24(20)35)41(19-38-26)21-9-10-21)39-42(31)22-15-23(18-46-7)40(17-22)32(45)48-34(4,5)6/h14,16,19,21-23,37H,9-10,12-13,15,17-18H2,1-7H3,(H2,36,44)/t22-,23+/m0/s1. The fourth-order valence-corrected chi connectivity index (χ4v) is 5.74. The van der Waals surface area contributed by atoms with Gasteiger partial charge >= 0.3 is 12.1 Å². The predicted molar refractivity (Wildman–Crippen MR) is 176 cm³/mol. The highest BCUT2D eigenvalue weighted by molar-refractivity contribution is 6.00. The normalized spacial score (nSPS) is 18.0. The summed E-state index contributed by atoms with van der Waals surface area (Å²) in [5, 5.41) is 7.82. The number of primary amides is 1. The molecule has 2 amide bonds. The number of ether oxygens (including phenoxy) is 3. The molecule has 1 saturated carbocycles. The van der Waals surface area contributed by atoms with Gasteiger partial charge in [0.1, 0.15) is 28.4 Å². The molecule has 1 aliphatic heterocycles. The third kappa shape index (κ3) is 8.07. The largest absolute Gasteiger partial charge is 0.460 e. The van der Waals surface area contributed by atoms with Crippen molar-refractivity contribution in [2.24, 2.45) is 5.73 Å². The average molecular weight is 666 g/mol. The van der Waals surface area contributed by atoms with Crippen LogP contribution in [-0.2, 0) is 19.0 Å². The summed E-state index contributed by atoms with van der Waals surface area (Å²) >= 11 is 0. The summed E-state index contributed by atoms with van der Waals surface area (Å²) in [4.78, 5) is 44.6. The number of likely N-dealkylation sites (tertiary alicyclic amines) is 1. The van der Waals surface area contributed by atoms with Crippen molar-refractivity contribution in [3.63, 3.8) is 0 Å². The van der Waals surface area contributed by atoms with Crippen LogP contribution in [0.25, 0.3) is 11.0 Å². The first-order chi connectivity index (χ1) is 22.5. The molecular formula is C34H44FN7O6. The van der Waals surface area contributed by atoms with Crippen LogP contribution >= 0.6 is 0 Å². The number of nitrogens with one attached hydrogen (secondary N) is 1. The van der Waals surface area contributed by atoms with E-state index in [1.807, 2.05) is 4.57 Å². The van der Waals surface area contributed by atoms with Crippen LogP contribution in [0.4, 0.5) is 15.0 Å². The Hall–Kier alpha value is -4.64. The summed E-state index contributed by atoms with van der Waals surface area (Å²) in [5.41, 5.74) is 5.89. The zero-order chi connectivity index (χ0) is 35.0. The fraction of sp³-hybridized carbons (Fsp3) is 0.559. The third-order valence-corrected chi connectivity index (χ3v) is 7.84. The number of rotatable bonds is 9. The summed E-state index contributed by atoms with van der Waals surface area (Å²) in [5.74, 6) is 4.11. The molecule has 2 aromatic heterocycles. The van der Waals surface area contributed by atoms with Crippen molar-refractivity contribution >= 4 is 34.8 Å². The number of esters is 1. The lowest BCUT2D eigenvalue weighted by Crippen LogP contribution is -2.41. The van der Waals surface area contributed by atoms with Crippen molar-refractivity contribution in [3.05, 3.63) is 41.1 Å². The number of anilines is 1. The van der Waals surface area contributed by atoms with Gasteiger partial charge in [-0.3, -0.25) is 9.59 Å². The van der Waals surface area contributed by atoms with Crippen molar-refractivity contribution in [2.75, 3.05) is 32.1 Å². The molecule has 258 valence electrons. The van der Waals surface area contributed by atoms with E-state index in [-0.39, 0.29) is 54.8 Å². The molecule has 0 spiro atoms. The minimum atomic E-state index is -0.820. The van der Waals surface area contributed by atoms with Gasteiger partial charge in [-0.1, -0.05) is 5.92 Å². The second kappa shape index (κ2) is 13.5. The average Bonchev–Trinajstić information content (AvgIpc) is 3.42. The fourth-order valence-electron chi connectivity index (χ4n) is 5.74. The molecule has 2 atom stereocenters. The minimum Gasteiger partial charge on any atom is -0.460 e. The molecule has 13 nitrogen and oxygen atoms in total. The maximum Gasteiger partial charge on any atom is 0.410 e. The smallest absolute Gasteiger partial charge is 0.410 e. The van der Waals surface area contributed by atoms with Crippen LogP contribution in [0.3, 0.4) is 0 Å².